The third kappa shape index (κ3) is 2.47. The van der Waals surface area contributed by atoms with E-state index in [4.69, 9.17) is 4.74 Å². The van der Waals surface area contributed by atoms with Crippen LogP contribution in [0.15, 0.2) is 12.1 Å². The first-order valence-electron chi connectivity index (χ1n) is 6.67. The van der Waals surface area contributed by atoms with E-state index in [1.807, 2.05) is 19.1 Å². The highest BCUT2D eigenvalue weighted by Gasteiger charge is 2.41. The maximum Gasteiger partial charge on any atom is 0.148 e. The van der Waals surface area contributed by atoms with Crippen LogP contribution in [0.25, 0.3) is 0 Å². The molecule has 3 heterocycles. The molecule has 1 aromatic heterocycles. The van der Waals surface area contributed by atoms with Crippen molar-refractivity contribution in [3.05, 3.63) is 17.8 Å². The van der Waals surface area contributed by atoms with Crippen LogP contribution in [-0.2, 0) is 4.74 Å². The van der Waals surface area contributed by atoms with Gasteiger partial charge in [-0.25, -0.2) is 0 Å². The number of hydrogen-bond donors (Lipinski definition) is 2. The van der Waals surface area contributed by atoms with Gasteiger partial charge in [0.2, 0.25) is 0 Å². The van der Waals surface area contributed by atoms with E-state index in [0.717, 1.165) is 44.0 Å². The van der Waals surface area contributed by atoms with Crippen LogP contribution in [0.2, 0.25) is 0 Å². The molecule has 2 atom stereocenters. The quantitative estimate of drug-likeness (QED) is 0.821. The normalized spacial score (nSPS) is 31.7. The lowest BCUT2D eigenvalue weighted by atomic mass is 9.90. The molecule has 3 rings (SSSR count). The van der Waals surface area contributed by atoms with Crippen LogP contribution in [-0.4, -0.2) is 41.5 Å². The molecule has 0 aromatic carbocycles. The first-order chi connectivity index (χ1) is 8.76. The van der Waals surface area contributed by atoms with E-state index < -0.39 is 0 Å². The third-order valence-corrected chi connectivity index (χ3v) is 3.79. The molecule has 5 nitrogen and oxygen atoms in total. The molecule has 0 aliphatic carbocycles. The summed E-state index contributed by atoms with van der Waals surface area (Å²) in [6, 6.07) is 4.30. The van der Waals surface area contributed by atoms with Gasteiger partial charge < -0.3 is 15.4 Å². The minimum atomic E-state index is 0.0496. The van der Waals surface area contributed by atoms with Crippen LogP contribution >= 0.6 is 0 Å². The van der Waals surface area contributed by atoms with Crippen molar-refractivity contribution in [2.45, 2.75) is 37.8 Å². The fraction of sp³-hybridized carbons (Fsp3) is 0.692. The van der Waals surface area contributed by atoms with E-state index in [1.165, 1.54) is 6.42 Å². The number of ether oxygens (including phenoxy) is 1. The minimum absolute atomic E-state index is 0.0496. The Kier molecular flexibility index (Phi) is 3.18. The Morgan fingerprint density at radius 3 is 3.11 bits per heavy atom. The largest absolute Gasteiger partial charge is 0.371 e. The van der Waals surface area contributed by atoms with Gasteiger partial charge in [0.25, 0.3) is 0 Å². The zero-order valence-corrected chi connectivity index (χ0v) is 10.8. The summed E-state index contributed by atoms with van der Waals surface area (Å²) in [5, 5.41) is 15.0. The van der Waals surface area contributed by atoms with E-state index in [1.54, 1.807) is 0 Å². The van der Waals surface area contributed by atoms with E-state index in [-0.39, 0.29) is 5.60 Å². The molecule has 0 amide bonds. The summed E-state index contributed by atoms with van der Waals surface area (Å²) >= 11 is 0. The van der Waals surface area contributed by atoms with Crippen molar-refractivity contribution in [3.8, 4) is 0 Å². The summed E-state index contributed by atoms with van der Waals surface area (Å²) in [6.45, 7) is 4.80. The SMILES string of the molecule is Cc1ccc(N[C@@H]2CO[C@]3(CCCNC3)C2)nn1. The van der Waals surface area contributed by atoms with Gasteiger partial charge in [-0.05, 0) is 38.4 Å². The fourth-order valence-electron chi connectivity index (χ4n) is 2.86. The third-order valence-electron chi connectivity index (χ3n) is 3.79. The maximum atomic E-state index is 6.02. The molecule has 0 radical (unpaired) electrons. The van der Waals surface area contributed by atoms with Crippen LogP contribution in [0, 0.1) is 6.92 Å². The molecule has 1 aromatic rings. The van der Waals surface area contributed by atoms with Gasteiger partial charge in [-0.15, -0.1) is 5.10 Å². The molecule has 18 heavy (non-hydrogen) atoms. The smallest absolute Gasteiger partial charge is 0.148 e. The topological polar surface area (TPSA) is 59.1 Å². The van der Waals surface area contributed by atoms with Gasteiger partial charge in [0, 0.05) is 13.0 Å². The first-order valence-corrected chi connectivity index (χ1v) is 6.67. The van der Waals surface area contributed by atoms with Crippen LogP contribution in [0.4, 0.5) is 5.82 Å². The van der Waals surface area contributed by atoms with Crippen molar-refractivity contribution in [3.63, 3.8) is 0 Å². The standard InChI is InChI=1S/C13H20N4O/c1-10-3-4-12(17-16-10)15-11-7-13(18-8-11)5-2-6-14-9-13/h3-4,11,14H,2,5-9H2,1H3,(H,15,17)/t11-,13+/m0/s1. The Balaban J connectivity index is 1.60. The van der Waals surface area contributed by atoms with Gasteiger partial charge in [-0.1, -0.05) is 0 Å². The lowest BCUT2D eigenvalue weighted by Crippen LogP contribution is -2.45. The molecule has 2 saturated heterocycles. The second kappa shape index (κ2) is 4.82. The van der Waals surface area contributed by atoms with Gasteiger partial charge in [-0.3, -0.25) is 0 Å². The van der Waals surface area contributed by atoms with Crippen LogP contribution < -0.4 is 10.6 Å². The van der Waals surface area contributed by atoms with Gasteiger partial charge in [0.15, 0.2) is 0 Å². The molecule has 0 saturated carbocycles. The van der Waals surface area contributed by atoms with Gasteiger partial charge in [0.1, 0.15) is 5.82 Å². The maximum absolute atomic E-state index is 6.02. The van der Waals surface area contributed by atoms with Crippen LogP contribution in [0.1, 0.15) is 25.0 Å². The predicted molar refractivity (Wildman–Crippen MR) is 69.6 cm³/mol. The summed E-state index contributed by atoms with van der Waals surface area (Å²) in [4.78, 5) is 0. The van der Waals surface area contributed by atoms with Crippen molar-refractivity contribution < 1.29 is 4.74 Å². The monoisotopic (exact) mass is 248 g/mol. The van der Waals surface area contributed by atoms with Gasteiger partial charge in [0.05, 0.1) is 23.9 Å². The molecule has 2 aliphatic heterocycles. The average molecular weight is 248 g/mol. The Labute approximate surface area is 107 Å². The lowest BCUT2D eigenvalue weighted by molar-refractivity contribution is -0.0138. The molecule has 2 N–H and O–H groups in total. The Morgan fingerprint density at radius 1 is 1.44 bits per heavy atom. The Hall–Kier alpha value is -1.20. The summed E-state index contributed by atoms with van der Waals surface area (Å²) in [5.41, 5.74) is 0.991. The molecule has 2 fully saturated rings. The molecular weight excluding hydrogens is 228 g/mol. The van der Waals surface area contributed by atoms with Crippen LogP contribution in [0.3, 0.4) is 0 Å². The number of hydrogen-bond acceptors (Lipinski definition) is 5. The van der Waals surface area contributed by atoms with Crippen molar-refractivity contribution in [1.82, 2.24) is 15.5 Å². The Bertz CT molecular complexity index is 400. The number of anilines is 1. The summed E-state index contributed by atoms with van der Waals surface area (Å²) in [6.07, 6.45) is 3.42. The number of aromatic nitrogens is 2. The highest BCUT2D eigenvalue weighted by Crippen LogP contribution is 2.32. The van der Waals surface area contributed by atoms with E-state index in [0.29, 0.717) is 6.04 Å². The zero-order chi connectivity index (χ0) is 12.4. The number of piperidine rings is 1. The van der Waals surface area contributed by atoms with Gasteiger partial charge >= 0.3 is 0 Å². The van der Waals surface area contributed by atoms with Crippen molar-refractivity contribution in [1.29, 1.82) is 0 Å². The highest BCUT2D eigenvalue weighted by atomic mass is 16.5. The number of nitrogens with zero attached hydrogens (tertiary/aromatic N) is 2. The zero-order valence-electron chi connectivity index (χ0n) is 10.8. The number of nitrogens with one attached hydrogen (secondary N) is 2. The molecule has 2 aliphatic rings. The van der Waals surface area contributed by atoms with Gasteiger partial charge in [-0.2, -0.15) is 5.10 Å². The number of aryl methyl sites for hydroxylation is 1. The van der Waals surface area contributed by atoms with Crippen molar-refractivity contribution >= 4 is 5.82 Å². The second-order valence-electron chi connectivity index (χ2n) is 5.38. The summed E-state index contributed by atoms with van der Waals surface area (Å²) < 4.78 is 6.02. The molecular formula is C13H20N4O. The summed E-state index contributed by atoms with van der Waals surface area (Å²) in [5.74, 6) is 0.843. The summed E-state index contributed by atoms with van der Waals surface area (Å²) in [7, 11) is 0. The van der Waals surface area contributed by atoms with Crippen LogP contribution in [0.5, 0.6) is 0 Å². The van der Waals surface area contributed by atoms with Crippen molar-refractivity contribution in [2.24, 2.45) is 0 Å². The highest BCUT2D eigenvalue weighted by molar-refractivity contribution is 5.34. The number of rotatable bonds is 2. The van der Waals surface area contributed by atoms with E-state index in [2.05, 4.69) is 20.8 Å². The molecule has 5 heteroatoms. The molecule has 1 spiro atoms. The first kappa shape index (κ1) is 11.9. The average Bonchev–Trinajstić information content (AvgIpc) is 2.76. The predicted octanol–water partition coefficient (Wildman–Crippen LogP) is 1.11. The minimum Gasteiger partial charge on any atom is -0.371 e. The Morgan fingerprint density at radius 2 is 2.39 bits per heavy atom. The second-order valence-corrected chi connectivity index (χ2v) is 5.38. The van der Waals surface area contributed by atoms with Crippen molar-refractivity contribution in [2.75, 3.05) is 25.0 Å². The van der Waals surface area contributed by atoms with E-state index >= 15 is 0 Å². The lowest BCUT2D eigenvalue weighted by Gasteiger charge is -2.33. The molecule has 0 bridgehead atoms. The van der Waals surface area contributed by atoms with E-state index in [9.17, 15) is 0 Å². The fourth-order valence-corrected chi connectivity index (χ4v) is 2.86. The molecule has 98 valence electrons. The molecule has 0 unspecified atom stereocenters.